The highest BCUT2D eigenvalue weighted by atomic mass is 16.5. The molecule has 2 rings (SSSR count). The largest absolute Gasteiger partial charge is 0.453 e. The SMILES string of the molecule is CCNC(=NCc1ccc(NC(=O)OC)cc1)NCc1ccccc1CC. The number of anilines is 1. The summed E-state index contributed by atoms with van der Waals surface area (Å²) in [5.74, 6) is 0.778. The number of methoxy groups -OCH3 is 1. The second kappa shape index (κ2) is 10.9. The molecule has 0 aliphatic heterocycles. The van der Waals surface area contributed by atoms with Crippen molar-refractivity contribution in [3.63, 3.8) is 0 Å². The summed E-state index contributed by atoms with van der Waals surface area (Å²) >= 11 is 0. The lowest BCUT2D eigenvalue weighted by Gasteiger charge is -2.13. The number of carbonyl (C=O) groups excluding carboxylic acids is 1. The topological polar surface area (TPSA) is 74.8 Å². The number of ether oxygens (including phenoxy) is 1. The number of benzene rings is 2. The van der Waals surface area contributed by atoms with E-state index in [0.29, 0.717) is 12.2 Å². The van der Waals surface area contributed by atoms with Crippen LogP contribution in [0.15, 0.2) is 53.5 Å². The van der Waals surface area contributed by atoms with Crippen molar-refractivity contribution in [2.75, 3.05) is 19.0 Å². The van der Waals surface area contributed by atoms with Gasteiger partial charge >= 0.3 is 6.09 Å². The lowest BCUT2D eigenvalue weighted by Crippen LogP contribution is -2.37. The third-order valence-electron chi connectivity index (χ3n) is 4.10. The number of carbonyl (C=O) groups is 1. The Morgan fingerprint density at radius 1 is 1.00 bits per heavy atom. The third-order valence-corrected chi connectivity index (χ3v) is 4.10. The Labute approximate surface area is 161 Å². The Kier molecular flexibility index (Phi) is 8.16. The Hall–Kier alpha value is -3.02. The number of guanidine groups is 1. The van der Waals surface area contributed by atoms with Gasteiger partial charge in [-0.2, -0.15) is 0 Å². The molecule has 2 aromatic rings. The van der Waals surface area contributed by atoms with Gasteiger partial charge in [0.15, 0.2) is 5.96 Å². The van der Waals surface area contributed by atoms with E-state index in [4.69, 9.17) is 0 Å². The van der Waals surface area contributed by atoms with Crippen LogP contribution >= 0.6 is 0 Å². The van der Waals surface area contributed by atoms with Crippen LogP contribution in [0.25, 0.3) is 0 Å². The third kappa shape index (κ3) is 6.66. The van der Waals surface area contributed by atoms with Crippen molar-refractivity contribution in [3.8, 4) is 0 Å². The van der Waals surface area contributed by atoms with Gasteiger partial charge in [0.2, 0.25) is 0 Å². The van der Waals surface area contributed by atoms with E-state index in [1.54, 1.807) is 0 Å². The lowest BCUT2D eigenvalue weighted by molar-refractivity contribution is 0.187. The van der Waals surface area contributed by atoms with Gasteiger partial charge in [0, 0.05) is 18.8 Å². The molecule has 0 fully saturated rings. The van der Waals surface area contributed by atoms with Gasteiger partial charge in [-0.1, -0.05) is 43.3 Å². The predicted octanol–water partition coefficient (Wildman–Crippen LogP) is 3.68. The molecule has 2 aromatic carbocycles. The second-order valence-electron chi connectivity index (χ2n) is 5.98. The van der Waals surface area contributed by atoms with E-state index in [1.165, 1.54) is 18.2 Å². The number of nitrogens with one attached hydrogen (secondary N) is 3. The number of hydrogen-bond donors (Lipinski definition) is 3. The van der Waals surface area contributed by atoms with E-state index in [0.717, 1.165) is 31.0 Å². The van der Waals surface area contributed by atoms with Crippen molar-refractivity contribution in [2.24, 2.45) is 4.99 Å². The molecule has 0 bridgehead atoms. The second-order valence-corrected chi connectivity index (χ2v) is 5.98. The van der Waals surface area contributed by atoms with Gasteiger partial charge in [0.05, 0.1) is 13.7 Å². The predicted molar refractivity (Wildman–Crippen MR) is 110 cm³/mol. The molecule has 0 radical (unpaired) electrons. The number of aryl methyl sites for hydroxylation is 1. The Balaban J connectivity index is 1.97. The van der Waals surface area contributed by atoms with Crippen LogP contribution in [-0.2, 0) is 24.2 Å². The summed E-state index contributed by atoms with van der Waals surface area (Å²) in [6.45, 7) is 6.28. The summed E-state index contributed by atoms with van der Waals surface area (Å²) < 4.78 is 4.58. The minimum atomic E-state index is -0.480. The molecule has 0 aliphatic rings. The van der Waals surface area contributed by atoms with E-state index in [-0.39, 0.29) is 0 Å². The number of amides is 1. The quantitative estimate of drug-likeness (QED) is 0.515. The van der Waals surface area contributed by atoms with Gasteiger partial charge in [-0.25, -0.2) is 9.79 Å². The smallest absolute Gasteiger partial charge is 0.411 e. The molecule has 0 saturated heterocycles. The summed E-state index contributed by atoms with van der Waals surface area (Å²) in [5, 5.41) is 9.29. The molecule has 144 valence electrons. The molecular formula is C21H28N4O2. The fourth-order valence-electron chi connectivity index (χ4n) is 2.63. The zero-order chi connectivity index (χ0) is 19.5. The molecule has 0 spiro atoms. The monoisotopic (exact) mass is 368 g/mol. The Morgan fingerprint density at radius 3 is 2.33 bits per heavy atom. The van der Waals surface area contributed by atoms with Crippen LogP contribution in [0.1, 0.15) is 30.5 Å². The number of hydrogen-bond acceptors (Lipinski definition) is 3. The van der Waals surface area contributed by atoms with Gasteiger partial charge in [0.25, 0.3) is 0 Å². The fraction of sp³-hybridized carbons (Fsp3) is 0.333. The summed E-state index contributed by atoms with van der Waals surface area (Å²) in [7, 11) is 1.34. The van der Waals surface area contributed by atoms with E-state index in [9.17, 15) is 4.79 Å². The van der Waals surface area contributed by atoms with E-state index in [2.05, 4.69) is 56.9 Å². The molecule has 6 nitrogen and oxygen atoms in total. The van der Waals surface area contributed by atoms with Crippen LogP contribution < -0.4 is 16.0 Å². The maximum absolute atomic E-state index is 11.2. The molecular weight excluding hydrogens is 340 g/mol. The lowest BCUT2D eigenvalue weighted by atomic mass is 10.1. The van der Waals surface area contributed by atoms with Crippen molar-refractivity contribution in [1.29, 1.82) is 0 Å². The van der Waals surface area contributed by atoms with Crippen LogP contribution in [-0.4, -0.2) is 25.7 Å². The molecule has 27 heavy (non-hydrogen) atoms. The minimum absolute atomic E-state index is 0.480. The van der Waals surface area contributed by atoms with Gasteiger partial charge < -0.3 is 15.4 Å². The summed E-state index contributed by atoms with van der Waals surface area (Å²) in [4.78, 5) is 15.9. The molecule has 1 amide bonds. The Bertz CT molecular complexity index is 757. The van der Waals surface area contributed by atoms with Crippen molar-refractivity contribution in [3.05, 3.63) is 65.2 Å². The summed E-state index contributed by atoms with van der Waals surface area (Å²) in [6.07, 6.45) is 0.532. The molecule has 0 unspecified atom stereocenters. The van der Waals surface area contributed by atoms with Crippen LogP contribution in [0.2, 0.25) is 0 Å². The molecule has 0 heterocycles. The highest BCUT2D eigenvalue weighted by molar-refractivity contribution is 5.84. The van der Waals surface area contributed by atoms with Crippen LogP contribution in [0, 0.1) is 0 Å². The normalized spacial score (nSPS) is 11.0. The van der Waals surface area contributed by atoms with Crippen LogP contribution in [0.3, 0.4) is 0 Å². The molecule has 0 aliphatic carbocycles. The number of aliphatic imine (C=N–C) groups is 1. The van der Waals surface area contributed by atoms with Crippen molar-refractivity contribution < 1.29 is 9.53 Å². The maximum Gasteiger partial charge on any atom is 0.411 e. The highest BCUT2D eigenvalue weighted by Crippen LogP contribution is 2.11. The average molecular weight is 368 g/mol. The standard InChI is InChI=1S/C21H28N4O2/c1-4-17-8-6-7-9-18(17)15-24-20(22-5-2)23-14-16-10-12-19(13-11-16)25-21(26)27-3/h6-13H,4-5,14-15H2,1-3H3,(H,25,26)(H2,22,23,24). The van der Waals surface area contributed by atoms with Gasteiger partial charge in [-0.3, -0.25) is 5.32 Å². The molecule has 6 heteroatoms. The zero-order valence-electron chi connectivity index (χ0n) is 16.2. The van der Waals surface area contributed by atoms with Crippen molar-refractivity contribution >= 4 is 17.7 Å². The fourth-order valence-corrected chi connectivity index (χ4v) is 2.63. The first kappa shape index (κ1) is 20.3. The first-order valence-corrected chi connectivity index (χ1v) is 9.19. The zero-order valence-corrected chi connectivity index (χ0v) is 16.2. The van der Waals surface area contributed by atoms with Crippen molar-refractivity contribution in [1.82, 2.24) is 10.6 Å². The first-order valence-electron chi connectivity index (χ1n) is 9.19. The maximum atomic E-state index is 11.2. The molecule has 3 N–H and O–H groups in total. The van der Waals surface area contributed by atoms with Gasteiger partial charge in [0.1, 0.15) is 0 Å². The number of rotatable bonds is 7. The average Bonchev–Trinajstić information content (AvgIpc) is 2.71. The van der Waals surface area contributed by atoms with Gasteiger partial charge in [-0.15, -0.1) is 0 Å². The number of nitrogens with zero attached hydrogens (tertiary/aromatic N) is 1. The summed E-state index contributed by atoms with van der Waals surface area (Å²) in [6, 6.07) is 16.0. The first-order chi connectivity index (χ1) is 13.2. The molecule has 0 aromatic heterocycles. The van der Waals surface area contributed by atoms with E-state index in [1.807, 2.05) is 31.2 Å². The minimum Gasteiger partial charge on any atom is -0.453 e. The summed E-state index contributed by atoms with van der Waals surface area (Å²) in [5.41, 5.74) is 4.37. The molecule has 0 saturated carbocycles. The van der Waals surface area contributed by atoms with E-state index >= 15 is 0 Å². The van der Waals surface area contributed by atoms with Crippen LogP contribution in [0.5, 0.6) is 0 Å². The van der Waals surface area contributed by atoms with E-state index < -0.39 is 6.09 Å². The van der Waals surface area contributed by atoms with Gasteiger partial charge in [-0.05, 0) is 42.2 Å². The molecule has 0 atom stereocenters. The van der Waals surface area contributed by atoms with Crippen LogP contribution in [0.4, 0.5) is 10.5 Å². The highest BCUT2D eigenvalue weighted by Gasteiger charge is 2.03. The van der Waals surface area contributed by atoms with Crippen molar-refractivity contribution in [2.45, 2.75) is 33.4 Å². The Morgan fingerprint density at radius 2 is 1.70 bits per heavy atom.